The molecule has 3 rings (SSSR count). The van der Waals surface area contributed by atoms with Crippen LogP contribution >= 0.6 is 0 Å². The maximum Gasteiger partial charge on any atom is 0.239 e. The number of benzene rings is 3. The topological polar surface area (TPSA) is 103 Å². The summed E-state index contributed by atoms with van der Waals surface area (Å²) in [5, 5.41) is 5.84. The van der Waals surface area contributed by atoms with Crippen molar-refractivity contribution in [1.29, 1.82) is 0 Å². The monoisotopic (exact) mass is 498 g/mol. The van der Waals surface area contributed by atoms with E-state index in [1.165, 1.54) is 26.4 Å². The van der Waals surface area contributed by atoms with Crippen molar-refractivity contribution in [1.82, 2.24) is 5.32 Å². The second-order valence-electron chi connectivity index (χ2n) is 7.96. The third kappa shape index (κ3) is 6.05. The van der Waals surface area contributed by atoms with Crippen LogP contribution in [0.2, 0.25) is 0 Å². The zero-order valence-corrected chi connectivity index (χ0v) is 21.3. The molecule has 0 fully saturated rings. The molecule has 186 valence electrons. The summed E-state index contributed by atoms with van der Waals surface area (Å²) in [6.07, 6.45) is 0. The van der Waals surface area contributed by atoms with E-state index in [0.717, 1.165) is 16.9 Å². The van der Waals surface area contributed by atoms with Gasteiger partial charge in [-0.25, -0.2) is 8.42 Å². The highest BCUT2D eigenvalue weighted by Gasteiger charge is 2.26. The number of carbonyl (C=O) groups excluding carboxylic acids is 1. The summed E-state index contributed by atoms with van der Waals surface area (Å²) in [5.41, 5.74) is 2.72. The normalized spacial score (nSPS) is 11.0. The fourth-order valence-electron chi connectivity index (χ4n) is 3.73. The standard InChI is InChI=1S/C26H30N2O6S/c1-17-12-18(2)26(35(30,31)21-10-11-23(33-4)24(14-21)34-5)22(13-17)27-16-25(29)28-15-19-6-8-20(32-3)9-7-19/h6-14,27H,15-16H2,1-5H3,(H,28,29). The SMILES string of the molecule is COc1ccc(CNC(=O)CNc2cc(C)cc(C)c2S(=O)(=O)c2ccc(OC)c(OC)c2)cc1. The van der Waals surface area contributed by atoms with E-state index in [1.807, 2.05) is 31.2 Å². The van der Waals surface area contributed by atoms with Crippen LogP contribution in [0.1, 0.15) is 16.7 Å². The Hall–Kier alpha value is -3.72. The number of aryl methyl sites for hydroxylation is 2. The molecule has 2 N–H and O–H groups in total. The average Bonchev–Trinajstić information content (AvgIpc) is 2.85. The van der Waals surface area contributed by atoms with Crippen LogP contribution in [0, 0.1) is 13.8 Å². The Balaban J connectivity index is 1.81. The first-order valence-electron chi connectivity index (χ1n) is 10.9. The third-order valence-corrected chi connectivity index (χ3v) is 7.40. The highest BCUT2D eigenvalue weighted by molar-refractivity contribution is 7.91. The lowest BCUT2D eigenvalue weighted by atomic mass is 10.1. The van der Waals surface area contributed by atoms with E-state index in [-0.39, 0.29) is 22.2 Å². The number of methoxy groups -OCH3 is 3. The molecule has 0 saturated carbocycles. The van der Waals surface area contributed by atoms with Gasteiger partial charge in [-0.3, -0.25) is 4.79 Å². The Kier molecular flexibility index (Phi) is 8.24. The molecular weight excluding hydrogens is 468 g/mol. The molecule has 0 heterocycles. The Morgan fingerprint density at radius 1 is 0.857 bits per heavy atom. The van der Waals surface area contributed by atoms with E-state index in [0.29, 0.717) is 29.3 Å². The molecule has 9 heteroatoms. The van der Waals surface area contributed by atoms with Gasteiger partial charge in [0.1, 0.15) is 5.75 Å². The summed E-state index contributed by atoms with van der Waals surface area (Å²) in [6.45, 7) is 3.85. The van der Waals surface area contributed by atoms with Crippen LogP contribution in [0.4, 0.5) is 5.69 Å². The van der Waals surface area contributed by atoms with Crippen LogP contribution in [0.15, 0.2) is 64.4 Å². The van der Waals surface area contributed by atoms with Crippen LogP contribution in [0.25, 0.3) is 0 Å². The second-order valence-corrected chi connectivity index (χ2v) is 9.84. The molecule has 3 aromatic carbocycles. The van der Waals surface area contributed by atoms with E-state index >= 15 is 0 Å². The van der Waals surface area contributed by atoms with E-state index in [2.05, 4.69) is 10.6 Å². The molecule has 0 aliphatic carbocycles. The third-order valence-electron chi connectivity index (χ3n) is 5.44. The summed E-state index contributed by atoms with van der Waals surface area (Å²) < 4.78 is 42.9. The van der Waals surface area contributed by atoms with Gasteiger partial charge >= 0.3 is 0 Å². The van der Waals surface area contributed by atoms with Crippen LogP contribution < -0.4 is 24.8 Å². The van der Waals surface area contributed by atoms with Gasteiger partial charge in [-0.1, -0.05) is 18.2 Å². The van der Waals surface area contributed by atoms with Crippen molar-refractivity contribution in [3.05, 3.63) is 71.3 Å². The molecular formula is C26H30N2O6S. The highest BCUT2D eigenvalue weighted by Crippen LogP contribution is 2.36. The van der Waals surface area contributed by atoms with E-state index in [4.69, 9.17) is 14.2 Å². The number of anilines is 1. The van der Waals surface area contributed by atoms with Crippen molar-refractivity contribution >= 4 is 21.4 Å². The lowest BCUT2D eigenvalue weighted by Crippen LogP contribution is -2.29. The Bertz CT molecular complexity index is 1300. The van der Waals surface area contributed by atoms with Gasteiger partial charge in [0.25, 0.3) is 0 Å². The molecule has 0 aliphatic heterocycles. The van der Waals surface area contributed by atoms with E-state index < -0.39 is 9.84 Å². The van der Waals surface area contributed by atoms with Gasteiger partial charge in [0.05, 0.1) is 43.4 Å². The molecule has 0 atom stereocenters. The minimum atomic E-state index is -3.93. The molecule has 0 aliphatic rings. The molecule has 0 aromatic heterocycles. The average molecular weight is 499 g/mol. The lowest BCUT2D eigenvalue weighted by molar-refractivity contribution is -0.119. The lowest BCUT2D eigenvalue weighted by Gasteiger charge is -2.17. The highest BCUT2D eigenvalue weighted by atomic mass is 32.2. The second kappa shape index (κ2) is 11.1. The largest absolute Gasteiger partial charge is 0.497 e. The van der Waals surface area contributed by atoms with Gasteiger partial charge in [-0.05, 0) is 60.9 Å². The minimum Gasteiger partial charge on any atom is -0.497 e. The molecule has 0 spiro atoms. The Labute approximate surface area is 206 Å². The van der Waals surface area contributed by atoms with Crippen molar-refractivity contribution < 1.29 is 27.4 Å². The van der Waals surface area contributed by atoms with Gasteiger partial charge in [-0.2, -0.15) is 0 Å². The van der Waals surface area contributed by atoms with E-state index in [9.17, 15) is 13.2 Å². The summed E-state index contributed by atoms with van der Waals surface area (Å²) in [7, 11) is 0.598. The maximum atomic E-state index is 13.6. The van der Waals surface area contributed by atoms with Gasteiger partial charge in [0.2, 0.25) is 15.7 Å². The summed E-state index contributed by atoms with van der Waals surface area (Å²) in [6, 6.07) is 15.3. The smallest absolute Gasteiger partial charge is 0.239 e. The molecule has 8 nitrogen and oxygen atoms in total. The number of hydrogen-bond donors (Lipinski definition) is 2. The molecule has 0 unspecified atom stereocenters. The first-order chi connectivity index (χ1) is 16.7. The summed E-state index contributed by atoms with van der Waals surface area (Å²) in [4.78, 5) is 12.7. The van der Waals surface area contributed by atoms with Gasteiger partial charge in [0.15, 0.2) is 11.5 Å². The van der Waals surface area contributed by atoms with Crippen molar-refractivity contribution in [3.8, 4) is 17.2 Å². The number of ether oxygens (including phenoxy) is 3. The van der Waals surface area contributed by atoms with E-state index in [1.54, 1.807) is 32.2 Å². The molecule has 3 aromatic rings. The predicted molar refractivity (Wildman–Crippen MR) is 134 cm³/mol. The summed E-state index contributed by atoms with van der Waals surface area (Å²) >= 11 is 0. The fraction of sp³-hybridized carbons (Fsp3) is 0.269. The van der Waals surface area contributed by atoms with Crippen LogP contribution in [0.5, 0.6) is 17.2 Å². The number of sulfone groups is 1. The van der Waals surface area contributed by atoms with Crippen LogP contribution in [-0.2, 0) is 21.2 Å². The zero-order chi connectivity index (χ0) is 25.6. The Morgan fingerprint density at radius 2 is 1.54 bits per heavy atom. The number of rotatable bonds is 10. The molecule has 0 radical (unpaired) electrons. The molecule has 1 amide bonds. The maximum absolute atomic E-state index is 13.6. The van der Waals surface area contributed by atoms with Crippen molar-refractivity contribution in [2.24, 2.45) is 0 Å². The first kappa shape index (κ1) is 25.9. The molecule has 0 bridgehead atoms. The number of hydrogen-bond acceptors (Lipinski definition) is 7. The Morgan fingerprint density at radius 3 is 2.17 bits per heavy atom. The molecule has 35 heavy (non-hydrogen) atoms. The molecule has 0 saturated heterocycles. The predicted octanol–water partition coefficient (Wildman–Crippen LogP) is 3.89. The first-order valence-corrected chi connectivity index (χ1v) is 12.4. The fourth-order valence-corrected chi connectivity index (χ4v) is 5.37. The van der Waals surface area contributed by atoms with Gasteiger partial charge < -0.3 is 24.8 Å². The van der Waals surface area contributed by atoms with Crippen LogP contribution in [0.3, 0.4) is 0 Å². The minimum absolute atomic E-state index is 0.0640. The quantitative estimate of drug-likeness (QED) is 0.437. The van der Waals surface area contributed by atoms with Gasteiger partial charge in [0, 0.05) is 12.6 Å². The van der Waals surface area contributed by atoms with Crippen molar-refractivity contribution in [2.75, 3.05) is 33.2 Å². The zero-order valence-electron chi connectivity index (χ0n) is 20.5. The van der Waals surface area contributed by atoms with Crippen molar-refractivity contribution in [3.63, 3.8) is 0 Å². The van der Waals surface area contributed by atoms with Gasteiger partial charge in [-0.15, -0.1) is 0 Å². The van der Waals surface area contributed by atoms with Crippen LogP contribution in [-0.4, -0.2) is 42.2 Å². The van der Waals surface area contributed by atoms with Crippen molar-refractivity contribution in [2.45, 2.75) is 30.2 Å². The summed E-state index contributed by atoms with van der Waals surface area (Å²) in [5.74, 6) is 1.21. The number of amides is 1. The number of nitrogens with one attached hydrogen (secondary N) is 2. The number of carbonyl (C=O) groups is 1.